The summed E-state index contributed by atoms with van der Waals surface area (Å²) < 4.78 is 3.31. The highest BCUT2D eigenvalue weighted by Gasteiger charge is 2.12. The van der Waals surface area contributed by atoms with Gasteiger partial charge in [-0.15, -0.1) is 0 Å². The van der Waals surface area contributed by atoms with Gasteiger partial charge in [0.15, 0.2) is 0 Å². The number of hydrogen-bond acceptors (Lipinski definition) is 1. The molecule has 1 rings (SSSR count). The van der Waals surface area contributed by atoms with E-state index < -0.39 is 0 Å². The van der Waals surface area contributed by atoms with E-state index in [2.05, 4.69) is 55.5 Å². The van der Waals surface area contributed by atoms with Crippen LogP contribution in [0.2, 0.25) is 0 Å². The maximum Gasteiger partial charge on any atom is 0.0766 e. The average molecular weight is 324 g/mol. The highest BCUT2D eigenvalue weighted by Crippen LogP contribution is 2.23. The molecular weight excluding hydrogens is 308 g/mol. The minimum atomic E-state index is 0.955. The Bertz CT molecular complexity index is 295. The van der Waals surface area contributed by atoms with Gasteiger partial charge < -0.3 is 0 Å². The molecule has 0 fully saturated rings. The van der Waals surface area contributed by atoms with Gasteiger partial charge in [0.2, 0.25) is 0 Å². The molecule has 2 nitrogen and oxygen atoms in total. The lowest BCUT2D eigenvalue weighted by Gasteiger charge is -2.03. The molecule has 0 radical (unpaired) electrons. The van der Waals surface area contributed by atoms with Crippen molar-refractivity contribution in [3.63, 3.8) is 0 Å². The molecule has 4 heteroatoms. The lowest BCUT2D eigenvalue weighted by molar-refractivity contribution is 0.609. The second-order valence-corrected chi connectivity index (χ2v) is 4.76. The average Bonchev–Trinajstić information content (AvgIpc) is 2.52. The monoisotopic (exact) mass is 322 g/mol. The molecule has 1 aromatic heterocycles. The molecule has 0 N–H and O–H groups in total. The summed E-state index contributed by atoms with van der Waals surface area (Å²) in [6.45, 7) is 5.23. The van der Waals surface area contributed by atoms with Crippen LogP contribution >= 0.6 is 31.9 Å². The van der Waals surface area contributed by atoms with Gasteiger partial charge in [0.05, 0.1) is 15.9 Å². The Hall–Kier alpha value is 0.170. The Balaban J connectivity index is 2.92. The van der Waals surface area contributed by atoms with Gasteiger partial charge in [-0.1, -0.05) is 22.9 Å². The van der Waals surface area contributed by atoms with Gasteiger partial charge in [-0.3, -0.25) is 4.68 Å². The van der Waals surface area contributed by atoms with Crippen LogP contribution in [-0.2, 0) is 19.4 Å². The van der Waals surface area contributed by atoms with Gasteiger partial charge in [0, 0.05) is 11.9 Å². The summed E-state index contributed by atoms with van der Waals surface area (Å²) in [6, 6.07) is 0. The van der Waals surface area contributed by atoms with Crippen LogP contribution in [-0.4, -0.2) is 15.1 Å². The van der Waals surface area contributed by atoms with E-state index in [1.807, 2.05) is 0 Å². The Morgan fingerprint density at radius 2 is 2.07 bits per heavy atom. The number of rotatable bonds is 5. The molecule has 0 aliphatic rings. The fourth-order valence-electron chi connectivity index (χ4n) is 1.49. The maximum absolute atomic E-state index is 4.55. The van der Waals surface area contributed by atoms with Crippen molar-refractivity contribution in [2.24, 2.45) is 0 Å². The van der Waals surface area contributed by atoms with Crippen molar-refractivity contribution in [3.8, 4) is 0 Å². The third-order valence-corrected chi connectivity index (χ3v) is 3.72. The molecule has 1 aromatic rings. The Morgan fingerprint density at radius 3 is 2.57 bits per heavy atom. The molecule has 0 atom stereocenters. The van der Waals surface area contributed by atoms with Crippen LogP contribution in [0.3, 0.4) is 0 Å². The zero-order valence-electron chi connectivity index (χ0n) is 8.69. The van der Waals surface area contributed by atoms with Crippen LogP contribution in [0.4, 0.5) is 0 Å². The van der Waals surface area contributed by atoms with E-state index in [4.69, 9.17) is 0 Å². The first-order valence-electron chi connectivity index (χ1n) is 5.04. The van der Waals surface area contributed by atoms with Gasteiger partial charge in [-0.05, 0) is 42.1 Å². The Kier molecular flexibility index (Phi) is 5.17. The van der Waals surface area contributed by atoms with Crippen molar-refractivity contribution >= 4 is 31.9 Å². The lowest BCUT2D eigenvalue weighted by Crippen LogP contribution is -2.03. The summed E-state index contributed by atoms with van der Waals surface area (Å²) in [7, 11) is 0. The molecule has 0 aromatic carbocycles. The number of hydrogen-bond donors (Lipinski definition) is 0. The van der Waals surface area contributed by atoms with Crippen molar-refractivity contribution in [1.29, 1.82) is 0 Å². The van der Waals surface area contributed by atoms with Crippen LogP contribution < -0.4 is 0 Å². The van der Waals surface area contributed by atoms with Gasteiger partial charge in [0.25, 0.3) is 0 Å². The molecule has 0 aliphatic heterocycles. The Morgan fingerprint density at radius 1 is 1.36 bits per heavy atom. The Labute approximate surface area is 102 Å². The predicted molar refractivity (Wildman–Crippen MR) is 67.1 cm³/mol. The number of nitrogens with zero attached hydrogens (tertiary/aromatic N) is 2. The molecule has 1 heterocycles. The summed E-state index contributed by atoms with van der Waals surface area (Å²) in [5.41, 5.74) is 2.51. The third kappa shape index (κ3) is 2.60. The molecule has 0 spiro atoms. The van der Waals surface area contributed by atoms with E-state index in [1.165, 1.54) is 15.9 Å². The first-order chi connectivity index (χ1) is 6.74. The topological polar surface area (TPSA) is 17.8 Å². The summed E-state index contributed by atoms with van der Waals surface area (Å²) in [6.07, 6.45) is 3.25. The highest BCUT2D eigenvalue weighted by atomic mass is 79.9. The van der Waals surface area contributed by atoms with Crippen molar-refractivity contribution in [2.45, 2.75) is 39.7 Å². The fraction of sp³-hybridized carbons (Fsp3) is 0.700. The highest BCUT2D eigenvalue weighted by molar-refractivity contribution is 9.10. The second-order valence-electron chi connectivity index (χ2n) is 3.17. The van der Waals surface area contributed by atoms with Crippen LogP contribution in [0.5, 0.6) is 0 Å². The summed E-state index contributed by atoms with van der Waals surface area (Å²) in [5.74, 6) is 0. The molecule has 0 aliphatic carbocycles. The molecule has 0 amide bonds. The minimum absolute atomic E-state index is 0.955. The van der Waals surface area contributed by atoms with Gasteiger partial charge in [0.1, 0.15) is 0 Å². The fourth-order valence-corrected chi connectivity index (χ4v) is 2.53. The van der Waals surface area contributed by atoms with E-state index in [0.29, 0.717) is 0 Å². The molecular formula is C10H16Br2N2. The van der Waals surface area contributed by atoms with Crippen LogP contribution in [0.25, 0.3) is 0 Å². The van der Waals surface area contributed by atoms with E-state index in [0.717, 1.165) is 31.1 Å². The molecule has 0 saturated heterocycles. The number of halogens is 2. The third-order valence-electron chi connectivity index (χ3n) is 2.24. The summed E-state index contributed by atoms with van der Waals surface area (Å²) in [5, 5.41) is 5.61. The molecule has 80 valence electrons. The van der Waals surface area contributed by atoms with E-state index in [-0.39, 0.29) is 0 Å². The largest absolute Gasteiger partial charge is 0.268 e. The molecule has 14 heavy (non-hydrogen) atoms. The number of aromatic nitrogens is 2. The van der Waals surface area contributed by atoms with Crippen LogP contribution in [0.1, 0.15) is 31.7 Å². The van der Waals surface area contributed by atoms with Gasteiger partial charge in [-0.2, -0.15) is 5.10 Å². The maximum atomic E-state index is 4.55. The summed E-state index contributed by atoms with van der Waals surface area (Å²) in [4.78, 5) is 0. The first kappa shape index (κ1) is 12.2. The van der Waals surface area contributed by atoms with Crippen molar-refractivity contribution in [2.75, 3.05) is 5.33 Å². The first-order valence-corrected chi connectivity index (χ1v) is 6.96. The lowest BCUT2D eigenvalue weighted by atomic mass is 10.2. The van der Waals surface area contributed by atoms with Gasteiger partial charge >= 0.3 is 0 Å². The van der Waals surface area contributed by atoms with E-state index in [1.54, 1.807) is 0 Å². The van der Waals surface area contributed by atoms with Crippen LogP contribution in [0, 0.1) is 0 Å². The number of alkyl halides is 1. The zero-order valence-corrected chi connectivity index (χ0v) is 11.9. The van der Waals surface area contributed by atoms with Crippen molar-refractivity contribution < 1.29 is 0 Å². The minimum Gasteiger partial charge on any atom is -0.268 e. The van der Waals surface area contributed by atoms with E-state index in [9.17, 15) is 0 Å². The predicted octanol–water partition coefficient (Wildman–Crippen LogP) is 3.56. The standard InChI is InChI=1S/C10H16Br2N2/c1-3-8-10(12)9(6-5-7-11)14(4-2)13-8/h3-7H2,1-2H3. The van der Waals surface area contributed by atoms with E-state index >= 15 is 0 Å². The molecule has 0 unspecified atom stereocenters. The van der Waals surface area contributed by atoms with Crippen molar-refractivity contribution in [1.82, 2.24) is 9.78 Å². The molecule has 0 bridgehead atoms. The smallest absolute Gasteiger partial charge is 0.0766 e. The normalized spacial score (nSPS) is 10.9. The quantitative estimate of drug-likeness (QED) is 0.758. The number of aryl methyl sites for hydroxylation is 2. The van der Waals surface area contributed by atoms with Gasteiger partial charge in [-0.25, -0.2) is 0 Å². The van der Waals surface area contributed by atoms with Crippen molar-refractivity contribution in [3.05, 3.63) is 15.9 Å². The second kappa shape index (κ2) is 5.91. The molecule has 0 saturated carbocycles. The SMILES string of the molecule is CCc1nn(CC)c(CCCBr)c1Br. The zero-order chi connectivity index (χ0) is 10.6. The summed E-state index contributed by atoms with van der Waals surface area (Å²) >= 11 is 7.09. The van der Waals surface area contributed by atoms with Crippen LogP contribution in [0.15, 0.2) is 4.47 Å².